The van der Waals surface area contributed by atoms with Crippen LogP contribution in [0.1, 0.15) is 41.8 Å². The number of hydrogen-bond acceptors (Lipinski definition) is 5. The Morgan fingerprint density at radius 1 is 1.35 bits per heavy atom. The molecule has 0 bridgehead atoms. The minimum absolute atomic E-state index is 0.136. The highest BCUT2D eigenvalue weighted by atomic mass is 32.1. The molecule has 4 aromatic rings. The Morgan fingerprint density at radius 3 is 3.00 bits per heavy atom. The maximum atomic E-state index is 12.9. The second-order valence-electron chi connectivity index (χ2n) is 8.42. The molecule has 8 heteroatoms. The van der Waals surface area contributed by atoms with Gasteiger partial charge in [-0.05, 0) is 55.2 Å². The molecular weight excluding hydrogens is 410 g/mol. The van der Waals surface area contributed by atoms with Crippen LogP contribution in [-0.4, -0.2) is 25.1 Å². The van der Waals surface area contributed by atoms with Crippen LogP contribution < -0.4 is 11.0 Å². The number of amides is 1. The summed E-state index contributed by atoms with van der Waals surface area (Å²) >= 11 is 1.70. The molecule has 1 aliphatic carbocycles. The first-order valence-corrected chi connectivity index (χ1v) is 11.5. The number of aromatic nitrogens is 4. The molecule has 0 radical (unpaired) electrons. The first-order chi connectivity index (χ1) is 15.0. The predicted molar refractivity (Wildman–Crippen MR) is 123 cm³/mol. The Balaban J connectivity index is 1.51. The Morgan fingerprint density at radius 2 is 2.19 bits per heavy atom. The molecule has 1 atom stereocenters. The Bertz CT molecular complexity index is 1380. The summed E-state index contributed by atoms with van der Waals surface area (Å²) in [4.78, 5) is 32.5. The van der Waals surface area contributed by atoms with Crippen molar-refractivity contribution in [3.63, 3.8) is 0 Å². The molecule has 3 aromatic heterocycles. The number of anilines is 1. The van der Waals surface area contributed by atoms with E-state index in [1.807, 2.05) is 25.1 Å². The summed E-state index contributed by atoms with van der Waals surface area (Å²) in [6, 6.07) is 5.95. The second kappa shape index (κ2) is 7.60. The van der Waals surface area contributed by atoms with Gasteiger partial charge in [0, 0.05) is 10.6 Å². The van der Waals surface area contributed by atoms with E-state index in [9.17, 15) is 9.59 Å². The molecule has 0 saturated carbocycles. The smallest absolute Gasteiger partial charge is 0.324 e. The van der Waals surface area contributed by atoms with Crippen molar-refractivity contribution in [2.75, 3.05) is 5.32 Å². The molecule has 7 nitrogen and oxygen atoms in total. The molecule has 1 aromatic carbocycles. The van der Waals surface area contributed by atoms with Crippen molar-refractivity contribution < 1.29 is 4.79 Å². The van der Waals surface area contributed by atoms with Gasteiger partial charge in [-0.2, -0.15) is 0 Å². The van der Waals surface area contributed by atoms with E-state index in [2.05, 4.69) is 29.2 Å². The minimum Gasteiger partial charge on any atom is -0.324 e. The third-order valence-electron chi connectivity index (χ3n) is 6.18. The lowest BCUT2D eigenvalue weighted by atomic mass is 9.89. The zero-order valence-electron chi connectivity index (χ0n) is 17.9. The predicted octanol–water partition coefficient (Wildman–Crippen LogP) is 3.74. The van der Waals surface area contributed by atoms with Gasteiger partial charge in [0.2, 0.25) is 5.91 Å². The van der Waals surface area contributed by atoms with Crippen molar-refractivity contribution in [3.05, 3.63) is 56.6 Å². The fourth-order valence-corrected chi connectivity index (χ4v) is 5.83. The monoisotopic (exact) mass is 435 g/mol. The molecule has 160 valence electrons. The molecule has 0 saturated heterocycles. The number of benzene rings is 1. The van der Waals surface area contributed by atoms with Crippen molar-refractivity contribution in [3.8, 4) is 0 Å². The number of aryl methyl sites for hydroxylation is 3. The van der Waals surface area contributed by atoms with Gasteiger partial charge in [0.25, 0.3) is 0 Å². The summed E-state index contributed by atoms with van der Waals surface area (Å²) in [5, 5.41) is 8.50. The summed E-state index contributed by atoms with van der Waals surface area (Å²) in [5.41, 5.74) is 4.41. The standard InChI is InChI=1S/C23H25N5O2S/c1-4-15-7-5-6-14(3)20(15)25-18(29)11-28-23(30)27-12-24-22-19(21(27)26-28)16-9-8-13(2)10-17(16)31-22/h5-7,12-13H,4,8-11H2,1-3H3,(H,25,29)/t13-/m1/s1. The van der Waals surface area contributed by atoms with Gasteiger partial charge in [-0.15, -0.1) is 16.4 Å². The van der Waals surface area contributed by atoms with Gasteiger partial charge < -0.3 is 5.32 Å². The van der Waals surface area contributed by atoms with Crippen LogP contribution in [0.4, 0.5) is 5.69 Å². The van der Waals surface area contributed by atoms with E-state index in [1.54, 1.807) is 11.3 Å². The Kier molecular flexibility index (Phi) is 4.89. The van der Waals surface area contributed by atoms with Gasteiger partial charge in [0.15, 0.2) is 5.65 Å². The van der Waals surface area contributed by atoms with Crippen LogP contribution in [0.25, 0.3) is 15.9 Å². The van der Waals surface area contributed by atoms with Crippen LogP contribution >= 0.6 is 11.3 Å². The lowest BCUT2D eigenvalue weighted by molar-refractivity contribution is -0.117. The van der Waals surface area contributed by atoms with E-state index >= 15 is 0 Å². The van der Waals surface area contributed by atoms with E-state index in [4.69, 9.17) is 0 Å². The average Bonchev–Trinajstić information content (AvgIpc) is 3.26. The molecule has 31 heavy (non-hydrogen) atoms. The molecular formula is C23H25N5O2S. The zero-order valence-corrected chi connectivity index (χ0v) is 18.8. The lowest BCUT2D eigenvalue weighted by Gasteiger charge is -2.17. The first kappa shape index (κ1) is 19.9. The van der Waals surface area contributed by atoms with Gasteiger partial charge in [-0.1, -0.05) is 32.0 Å². The summed E-state index contributed by atoms with van der Waals surface area (Å²) in [5.74, 6) is 0.398. The quantitative estimate of drug-likeness (QED) is 0.529. The van der Waals surface area contributed by atoms with Crippen LogP contribution in [0.3, 0.4) is 0 Å². The van der Waals surface area contributed by atoms with Gasteiger partial charge >= 0.3 is 5.69 Å². The van der Waals surface area contributed by atoms with Gasteiger partial charge in [-0.3, -0.25) is 4.79 Å². The second-order valence-corrected chi connectivity index (χ2v) is 9.50. The van der Waals surface area contributed by atoms with Gasteiger partial charge in [0.1, 0.15) is 17.7 Å². The van der Waals surface area contributed by atoms with E-state index in [0.29, 0.717) is 11.6 Å². The summed E-state index contributed by atoms with van der Waals surface area (Å²) in [7, 11) is 0. The molecule has 0 fully saturated rings. The van der Waals surface area contributed by atoms with Crippen LogP contribution in [0, 0.1) is 12.8 Å². The third-order valence-corrected chi connectivity index (χ3v) is 7.34. The van der Waals surface area contributed by atoms with E-state index in [1.165, 1.54) is 25.9 Å². The molecule has 0 aliphatic heterocycles. The maximum absolute atomic E-state index is 12.9. The van der Waals surface area contributed by atoms with Gasteiger partial charge in [-0.25, -0.2) is 18.9 Å². The van der Waals surface area contributed by atoms with Crippen molar-refractivity contribution >= 4 is 38.8 Å². The highest BCUT2D eigenvalue weighted by Crippen LogP contribution is 2.38. The maximum Gasteiger partial charge on any atom is 0.352 e. The Hall–Kier alpha value is -3.00. The summed E-state index contributed by atoms with van der Waals surface area (Å²) in [6.07, 6.45) is 5.50. The third kappa shape index (κ3) is 3.35. The number of carbonyl (C=O) groups excluding carboxylic acids is 1. The molecule has 0 unspecified atom stereocenters. The summed E-state index contributed by atoms with van der Waals surface area (Å²) in [6.45, 7) is 6.15. The fourth-order valence-electron chi connectivity index (χ4n) is 4.48. The van der Waals surface area contributed by atoms with E-state index in [-0.39, 0.29) is 18.1 Å². The summed E-state index contributed by atoms with van der Waals surface area (Å²) < 4.78 is 2.71. The average molecular weight is 436 g/mol. The number of nitrogens with one attached hydrogen (secondary N) is 1. The number of para-hydroxylation sites is 1. The van der Waals surface area contributed by atoms with Crippen molar-refractivity contribution in [2.45, 2.75) is 53.0 Å². The van der Waals surface area contributed by atoms with Crippen LogP contribution in [-0.2, 0) is 30.6 Å². The molecule has 3 heterocycles. The van der Waals surface area contributed by atoms with Crippen LogP contribution in [0.15, 0.2) is 29.3 Å². The topological polar surface area (TPSA) is 81.3 Å². The molecule has 0 spiro atoms. The molecule has 1 amide bonds. The largest absolute Gasteiger partial charge is 0.352 e. The van der Waals surface area contributed by atoms with Crippen molar-refractivity contribution in [1.82, 2.24) is 19.2 Å². The van der Waals surface area contributed by atoms with Crippen LogP contribution in [0.5, 0.6) is 0 Å². The van der Waals surface area contributed by atoms with E-state index in [0.717, 1.165) is 52.7 Å². The lowest BCUT2D eigenvalue weighted by Crippen LogP contribution is -2.28. The van der Waals surface area contributed by atoms with E-state index < -0.39 is 0 Å². The number of hydrogen-bond donors (Lipinski definition) is 1. The Labute approximate surface area is 183 Å². The highest BCUT2D eigenvalue weighted by molar-refractivity contribution is 7.19. The fraction of sp³-hybridized carbons (Fsp3) is 0.391. The number of rotatable bonds is 4. The number of thiophene rings is 1. The molecule has 5 rings (SSSR count). The molecule has 1 N–H and O–H groups in total. The first-order valence-electron chi connectivity index (χ1n) is 10.7. The van der Waals surface area contributed by atoms with Crippen LogP contribution in [0.2, 0.25) is 0 Å². The van der Waals surface area contributed by atoms with Crippen molar-refractivity contribution in [2.24, 2.45) is 5.92 Å². The minimum atomic E-state index is -0.343. The highest BCUT2D eigenvalue weighted by Gasteiger charge is 2.24. The SMILES string of the molecule is CCc1cccc(C)c1NC(=O)Cn1nc2c3c4c(sc3ncn2c1=O)C[C@H](C)CC4. The zero-order chi connectivity index (χ0) is 21.7. The molecule has 1 aliphatic rings. The normalized spacial score (nSPS) is 16.0. The number of fused-ring (bicyclic) bond motifs is 5. The number of carbonyl (C=O) groups is 1. The van der Waals surface area contributed by atoms with Gasteiger partial charge in [0.05, 0.1) is 5.39 Å². The van der Waals surface area contributed by atoms with Crippen molar-refractivity contribution in [1.29, 1.82) is 0 Å². The number of nitrogens with zero attached hydrogens (tertiary/aromatic N) is 4.